The number of imidazole rings is 1. The number of quaternary nitrogens is 1. The number of nitrogens with one attached hydrogen (secondary N) is 1. The first-order chi connectivity index (χ1) is 24.8. The molecular weight excluding hydrogens is 637 g/mol. The maximum absolute atomic E-state index is 13.1. The van der Waals surface area contributed by atoms with Crippen LogP contribution in [0.3, 0.4) is 0 Å². The second-order valence-electron chi connectivity index (χ2n) is 15.0. The zero-order valence-corrected chi connectivity index (χ0v) is 29.9. The summed E-state index contributed by atoms with van der Waals surface area (Å²) in [6, 6.07) is 19.8. The summed E-state index contributed by atoms with van der Waals surface area (Å²) in [4.78, 5) is 48.2. The normalized spacial score (nSPS) is 21.2. The van der Waals surface area contributed by atoms with Gasteiger partial charge < -0.3 is 19.3 Å². The van der Waals surface area contributed by atoms with E-state index < -0.39 is 0 Å². The lowest BCUT2D eigenvalue weighted by molar-refractivity contribution is -0.845. The highest BCUT2D eigenvalue weighted by molar-refractivity contribution is 6.00. The van der Waals surface area contributed by atoms with Gasteiger partial charge in [-0.05, 0) is 49.6 Å². The molecule has 2 fully saturated rings. The molecule has 3 atom stereocenters. The third kappa shape index (κ3) is 5.22. The topological polar surface area (TPSA) is 91.9 Å². The van der Waals surface area contributed by atoms with Crippen LogP contribution in [0.15, 0.2) is 67.0 Å². The van der Waals surface area contributed by atoms with Gasteiger partial charge in [-0.15, -0.1) is 0 Å². The smallest absolute Gasteiger partial charge is 0.254 e. The third-order valence-electron chi connectivity index (χ3n) is 11.9. The number of rotatable bonds is 6. The Morgan fingerprint density at radius 3 is 2.61 bits per heavy atom. The van der Waals surface area contributed by atoms with Crippen LogP contribution in [-0.2, 0) is 30.8 Å². The van der Waals surface area contributed by atoms with E-state index in [1.807, 2.05) is 28.3 Å². The Morgan fingerprint density at radius 1 is 0.980 bits per heavy atom. The Bertz CT molecular complexity index is 2190. The maximum atomic E-state index is 13.1. The fourth-order valence-corrected chi connectivity index (χ4v) is 9.14. The highest BCUT2D eigenvalue weighted by atomic mass is 16.2. The highest BCUT2D eigenvalue weighted by Gasteiger charge is 2.47. The number of hydrogen-bond acceptors (Lipinski definition) is 6. The summed E-state index contributed by atoms with van der Waals surface area (Å²) in [5, 5.41) is 2.15. The molecular formula is C41H45N8O2+. The predicted molar refractivity (Wildman–Crippen MR) is 198 cm³/mol. The molecule has 2 saturated heterocycles. The predicted octanol–water partition coefficient (Wildman–Crippen LogP) is 4.87. The number of aromatic nitrogens is 4. The van der Waals surface area contributed by atoms with E-state index >= 15 is 0 Å². The van der Waals surface area contributed by atoms with Gasteiger partial charge in [-0.3, -0.25) is 19.5 Å². The minimum Gasteiger partial charge on any atom is -0.350 e. The van der Waals surface area contributed by atoms with Gasteiger partial charge >= 0.3 is 0 Å². The SMILES string of the molecule is CCc1nc(-c2cccc3cc(-c4ccc(N5CC6CC[NH+](c7cccc8c7CN(C(C)C)C8=O)C6C5)nc4)ncc23)c2n1CCN(C(C)=O)C2. The van der Waals surface area contributed by atoms with Crippen molar-refractivity contribution in [3.05, 3.63) is 89.6 Å². The van der Waals surface area contributed by atoms with E-state index in [4.69, 9.17) is 15.0 Å². The molecule has 9 rings (SSSR count). The molecule has 0 bridgehead atoms. The number of nitrogens with zero attached hydrogens (tertiary/aromatic N) is 7. The average Bonchev–Trinajstić information content (AvgIpc) is 3.92. The van der Waals surface area contributed by atoms with E-state index in [2.05, 4.69) is 78.8 Å². The van der Waals surface area contributed by atoms with Gasteiger partial charge in [-0.1, -0.05) is 31.2 Å². The lowest BCUT2D eigenvalue weighted by Gasteiger charge is -2.28. The lowest BCUT2D eigenvalue weighted by Crippen LogP contribution is -3.10. The van der Waals surface area contributed by atoms with E-state index in [1.54, 1.807) is 6.92 Å². The Labute approximate surface area is 298 Å². The molecule has 0 radical (unpaired) electrons. The summed E-state index contributed by atoms with van der Waals surface area (Å²) < 4.78 is 2.30. The second-order valence-corrected chi connectivity index (χ2v) is 15.0. The van der Waals surface area contributed by atoms with Gasteiger partial charge in [-0.2, -0.15) is 0 Å². The Morgan fingerprint density at radius 2 is 1.82 bits per heavy atom. The molecule has 7 heterocycles. The first-order valence-corrected chi connectivity index (χ1v) is 18.5. The monoisotopic (exact) mass is 681 g/mol. The molecule has 0 spiro atoms. The molecule has 4 aliphatic heterocycles. The van der Waals surface area contributed by atoms with Crippen molar-refractivity contribution < 1.29 is 14.5 Å². The van der Waals surface area contributed by atoms with Gasteiger partial charge in [-0.25, -0.2) is 9.97 Å². The minimum absolute atomic E-state index is 0.0954. The van der Waals surface area contributed by atoms with Crippen molar-refractivity contribution >= 4 is 34.1 Å². The average molecular weight is 682 g/mol. The quantitative estimate of drug-likeness (QED) is 0.275. The summed E-state index contributed by atoms with van der Waals surface area (Å²) in [5.74, 6) is 2.93. The van der Waals surface area contributed by atoms with Crippen LogP contribution in [0.25, 0.3) is 33.3 Å². The lowest BCUT2D eigenvalue weighted by atomic mass is 10.0. The molecule has 0 aliphatic carbocycles. The van der Waals surface area contributed by atoms with Crippen molar-refractivity contribution in [3.8, 4) is 22.5 Å². The number of hydrogen-bond donors (Lipinski definition) is 1. The molecule has 10 nitrogen and oxygen atoms in total. The molecule has 3 unspecified atom stereocenters. The van der Waals surface area contributed by atoms with Crippen molar-refractivity contribution in [1.82, 2.24) is 29.3 Å². The van der Waals surface area contributed by atoms with Crippen molar-refractivity contribution in [2.24, 2.45) is 5.92 Å². The molecule has 10 heteroatoms. The Hall–Kier alpha value is -5.09. The number of carbonyl (C=O) groups excluding carboxylic acids is 2. The fourth-order valence-electron chi connectivity index (χ4n) is 9.14. The minimum atomic E-state index is 0.0954. The van der Waals surface area contributed by atoms with Gasteiger partial charge in [0.25, 0.3) is 5.91 Å². The van der Waals surface area contributed by atoms with E-state index in [0.717, 1.165) is 88.8 Å². The summed E-state index contributed by atoms with van der Waals surface area (Å²) in [7, 11) is 0. The van der Waals surface area contributed by atoms with Crippen LogP contribution in [-0.4, -0.2) is 79.4 Å². The molecule has 2 aromatic carbocycles. The van der Waals surface area contributed by atoms with E-state index in [9.17, 15) is 9.59 Å². The molecule has 4 aliphatic rings. The van der Waals surface area contributed by atoms with Crippen molar-refractivity contribution in [2.75, 3.05) is 31.1 Å². The number of benzene rings is 2. The number of amides is 2. The molecule has 5 aromatic rings. The van der Waals surface area contributed by atoms with Crippen LogP contribution >= 0.6 is 0 Å². The summed E-state index contributed by atoms with van der Waals surface area (Å²) in [6.45, 7) is 13.8. The van der Waals surface area contributed by atoms with Gasteiger partial charge in [0, 0.05) is 85.8 Å². The first-order valence-electron chi connectivity index (χ1n) is 18.5. The highest BCUT2D eigenvalue weighted by Crippen LogP contribution is 2.36. The zero-order valence-electron chi connectivity index (χ0n) is 29.9. The van der Waals surface area contributed by atoms with Crippen molar-refractivity contribution in [1.29, 1.82) is 0 Å². The van der Waals surface area contributed by atoms with Gasteiger partial charge in [0.2, 0.25) is 5.91 Å². The molecule has 260 valence electrons. The number of carbonyl (C=O) groups is 2. The summed E-state index contributed by atoms with van der Waals surface area (Å²) >= 11 is 0. The third-order valence-corrected chi connectivity index (χ3v) is 11.9. The Balaban J connectivity index is 0.949. The molecule has 2 amide bonds. The van der Waals surface area contributed by atoms with Crippen molar-refractivity contribution in [3.63, 3.8) is 0 Å². The largest absolute Gasteiger partial charge is 0.350 e. The van der Waals surface area contributed by atoms with Crippen LogP contribution in [0.1, 0.15) is 61.6 Å². The van der Waals surface area contributed by atoms with E-state index in [0.29, 0.717) is 31.6 Å². The fraction of sp³-hybridized carbons (Fsp3) is 0.390. The van der Waals surface area contributed by atoms with Gasteiger partial charge in [0.15, 0.2) is 0 Å². The van der Waals surface area contributed by atoms with Crippen LogP contribution in [0.2, 0.25) is 0 Å². The standard InChI is InChI=1S/C41H44N8O2/c1-5-38-44-40(37-24-45(26(4)50)16-17-48(37)38)30-9-6-8-27-18-34(42-20-32(27)30)28-12-13-39(43-19-28)46-21-29-14-15-47(36(29)23-46)35-11-7-10-31-33(35)22-49(25(2)3)41(31)51/h6-13,18-20,25,29,36H,5,14-17,21-24H2,1-4H3/p+1. The van der Waals surface area contributed by atoms with E-state index in [1.165, 1.54) is 22.6 Å². The Kier molecular flexibility index (Phi) is 7.68. The van der Waals surface area contributed by atoms with E-state index in [-0.39, 0.29) is 17.9 Å². The summed E-state index contributed by atoms with van der Waals surface area (Å²) in [6.07, 6.45) is 5.94. The number of pyridine rings is 2. The first kappa shape index (κ1) is 31.9. The van der Waals surface area contributed by atoms with Gasteiger partial charge in [0.1, 0.15) is 23.4 Å². The van der Waals surface area contributed by atoms with Crippen LogP contribution in [0.4, 0.5) is 11.5 Å². The maximum Gasteiger partial charge on any atom is 0.254 e. The summed E-state index contributed by atoms with van der Waals surface area (Å²) in [5.41, 5.74) is 8.38. The molecule has 3 aromatic heterocycles. The molecule has 51 heavy (non-hydrogen) atoms. The van der Waals surface area contributed by atoms with Crippen molar-refractivity contribution in [2.45, 2.75) is 72.3 Å². The van der Waals surface area contributed by atoms with Gasteiger partial charge in [0.05, 0.1) is 48.8 Å². The molecule has 0 saturated carbocycles. The number of anilines is 1. The number of aryl methyl sites for hydroxylation is 1. The van der Waals surface area contributed by atoms with Crippen LogP contribution in [0.5, 0.6) is 0 Å². The molecule has 1 N–H and O–H groups in total. The van der Waals surface area contributed by atoms with Crippen LogP contribution < -0.4 is 9.80 Å². The number of fused-ring (bicyclic) bond motifs is 4. The second kappa shape index (κ2) is 12.3. The van der Waals surface area contributed by atoms with Crippen LogP contribution in [0, 0.1) is 5.92 Å². The zero-order chi connectivity index (χ0) is 35.0.